The van der Waals surface area contributed by atoms with Crippen LogP contribution in [0.4, 0.5) is 8.78 Å². The summed E-state index contributed by atoms with van der Waals surface area (Å²) >= 11 is 2.67. The quantitative estimate of drug-likeness (QED) is 0.825. The minimum Gasteiger partial charge on any atom is -0.503 e. The summed E-state index contributed by atoms with van der Waals surface area (Å²) < 4.78 is 27.5. The Hall–Kier alpha value is -1.21. The molecule has 0 aliphatic carbocycles. The number of phenols is 1. The van der Waals surface area contributed by atoms with Gasteiger partial charge in [-0.15, -0.1) is 23.1 Å². The van der Waals surface area contributed by atoms with Crippen LogP contribution in [0.3, 0.4) is 0 Å². The third-order valence-electron chi connectivity index (χ3n) is 4.19. The normalized spacial score (nSPS) is 22.4. The van der Waals surface area contributed by atoms with E-state index in [1.54, 1.807) is 11.8 Å². The van der Waals surface area contributed by atoms with Gasteiger partial charge in [-0.3, -0.25) is 4.99 Å². The van der Waals surface area contributed by atoms with Gasteiger partial charge in [0.15, 0.2) is 17.4 Å². The third kappa shape index (κ3) is 2.31. The molecule has 0 spiro atoms. The highest BCUT2D eigenvalue weighted by Crippen LogP contribution is 2.44. The van der Waals surface area contributed by atoms with E-state index < -0.39 is 17.4 Å². The number of hydrogen-bond donors (Lipinski definition) is 1. The molecule has 0 radical (unpaired) electrons. The number of rotatable bonds is 1. The Balaban J connectivity index is 2.09. The largest absolute Gasteiger partial charge is 0.503 e. The summed E-state index contributed by atoms with van der Waals surface area (Å²) in [7, 11) is 0. The van der Waals surface area contributed by atoms with E-state index in [4.69, 9.17) is 4.99 Å². The zero-order valence-electron chi connectivity index (χ0n) is 12.7. The fraction of sp³-hybridized carbons (Fsp3) is 0.467. The lowest BCUT2D eigenvalue weighted by Gasteiger charge is -2.35. The topological polar surface area (TPSA) is 45.5 Å². The number of aromatic hydroxyl groups is 1. The molecule has 1 unspecified atom stereocenters. The zero-order chi connectivity index (χ0) is 16.3. The number of hydrogen-bond acceptors (Lipinski definition) is 5. The van der Waals surface area contributed by atoms with Crippen LogP contribution in [0.1, 0.15) is 32.7 Å². The van der Waals surface area contributed by atoms with E-state index in [1.807, 2.05) is 0 Å². The summed E-state index contributed by atoms with van der Waals surface area (Å²) in [6, 6.07) is 1.05. The van der Waals surface area contributed by atoms with Crippen LogP contribution in [0, 0.1) is 17.0 Å². The first-order valence-corrected chi connectivity index (χ1v) is 8.63. The van der Waals surface area contributed by atoms with Gasteiger partial charge in [-0.2, -0.15) is 0 Å². The van der Waals surface area contributed by atoms with Crippen molar-refractivity contribution in [3.05, 3.63) is 22.7 Å². The summed E-state index contributed by atoms with van der Waals surface area (Å²) in [5, 5.41) is 10.7. The van der Waals surface area contributed by atoms with Crippen LogP contribution in [0.25, 0.3) is 10.2 Å². The fourth-order valence-corrected chi connectivity index (χ4v) is 4.59. The average molecular weight is 342 g/mol. The first-order chi connectivity index (χ1) is 10.1. The van der Waals surface area contributed by atoms with Gasteiger partial charge in [0.25, 0.3) is 0 Å². The molecule has 1 N–H and O–H groups in total. The monoisotopic (exact) mass is 342 g/mol. The maximum Gasteiger partial charge on any atom is 0.189 e. The van der Waals surface area contributed by atoms with Gasteiger partial charge in [0.05, 0.1) is 15.8 Å². The summed E-state index contributed by atoms with van der Waals surface area (Å²) in [6.07, 6.45) is 0. The van der Waals surface area contributed by atoms with Crippen molar-refractivity contribution in [3.63, 3.8) is 0 Å². The van der Waals surface area contributed by atoms with E-state index >= 15 is 0 Å². The van der Waals surface area contributed by atoms with Crippen LogP contribution in [0.15, 0.2) is 11.1 Å². The van der Waals surface area contributed by atoms with E-state index in [9.17, 15) is 13.9 Å². The predicted molar refractivity (Wildman–Crippen MR) is 88.1 cm³/mol. The van der Waals surface area contributed by atoms with Crippen molar-refractivity contribution < 1.29 is 13.9 Å². The number of aliphatic imine (C=N–C) groups is 1. The highest BCUT2D eigenvalue weighted by molar-refractivity contribution is 8.15. The molecule has 1 atom stereocenters. The van der Waals surface area contributed by atoms with Crippen molar-refractivity contribution in [2.24, 2.45) is 10.4 Å². The lowest BCUT2D eigenvalue weighted by atomic mass is 9.77. The highest BCUT2D eigenvalue weighted by atomic mass is 32.2. The molecule has 1 aromatic carbocycles. The van der Waals surface area contributed by atoms with Gasteiger partial charge in [-0.1, -0.05) is 20.8 Å². The number of aromatic nitrogens is 1. The first kappa shape index (κ1) is 15.7. The molecular weight excluding hydrogens is 326 g/mol. The molecular formula is C15H16F2N2OS2. The summed E-state index contributed by atoms with van der Waals surface area (Å²) in [4.78, 5) is 9.06. The molecule has 0 bridgehead atoms. The Bertz CT molecular complexity index is 795. The molecule has 1 aliphatic rings. The zero-order valence-corrected chi connectivity index (χ0v) is 14.3. The minimum atomic E-state index is -0.998. The molecule has 0 saturated heterocycles. The van der Waals surface area contributed by atoms with E-state index in [1.165, 1.54) is 0 Å². The van der Waals surface area contributed by atoms with Crippen molar-refractivity contribution in [2.45, 2.75) is 33.2 Å². The molecule has 0 saturated carbocycles. The average Bonchev–Trinajstić information content (AvgIpc) is 3.00. The second-order valence-corrected chi connectivity index (χ2v) is 8.58. The standard InChI is InChI=1S/C15H16F2N2OS2/c1-14(2,3)15(4)6-21-13(19-15)12-18-8-5-7(16)10(20)9(17)11(8)22-12/h5,20H,6H2,1-4H3. The Morgan fingerprint density at radius 2 is 2.00 bits per heavy atom. The van der Waals surface area contributed by atoms with Crippen LogP contribution >= 0.6 is 23.1 Å². The third-order valence-corrected chi connectivity index (χ3v) is 6.65. The van der Waals surface area contributed by atoms with E-state index in [2.05, 4.69) is 32.7 Å². The Morgan fingerprint density at radius 3 is 2.59 bits per heavy atom. The number of phenolic OH excluding ortho intramolecular Hbond substituents is 1. The van der Waals surface area contributed by atoms with Crippen LogP contribution in [0.5, 0.6) is 5.75 Å². The van der Waals surface area contributed by atoms with Crippen molar-refractivity contribution in [1.29, 1.82) is 0 Å². The number of halogens is 2. The van der Waals surface area contributed by atoms with Gasteiger partial charge >= 0.3 is 0 Å². The van der Waals surface area contributed by atoms with Crippen LogP contribution in [-0.4, -0.2) is 26.4 Å². The van der Waals surface area contributed by atoms with E-state index in [-0.39, 0.29) is 21.2 Å². The summed E-state index contributed by atoms with van der Waals surface area (Å²) in [5.74, 6) is -2.09. The van der Waals surface area contributed by atoms with Gasteiger partial charge in [0.1, 0.15) is 10.1 Å². The molecule has 22 heavy (non-hydrogen) atoms. The van der Waals surface area contributed by atoms with Crippen molar-refractivity contribution >= 4 is 38.4 Å². The van der Waals surface area contributed by atoms with Crippen molar-refractivity contribution in [2.75, 3.05) is 5.75 Å². The lowest BCUT2D eigenvalue weighted by molar-refractivity contribution is 0.242. The van der Waals surface area contributed by atoms with Gasteiger partial charge < -0.3 is 5.11 Å². The maximum absolute atomic E-state index is 13.9. The number of fused-ring (bicyclic) bond motifs is 1. The van der Waals surface area contributed by atoms with Crippen LogP contribution in [-0.2, 0) is 0 Å². The number of thioether (sulfide) groups is 1. The van der Waals surface area contributed by atoms with Gasteiger partial charge in [-0.05, 0) is 12.3 Å². The smallest absolute Gasteiger partial charge is 0.189 e. The van der Waals surface area contributed by atoms with Crippen LogP contribution < -0.4 is 0 Å². The molecule has 2 heterocycles. The van der Waals surface area contributed by atoms with Gasteiger partial charge in [-0.25, -0.2) is 13.8 Å². The van der Waals surface area contributed by atoms with E-state index in [0.717, 1.165) is 28.2 Å². The Labute approximate surface area is 135 Å². The van der Waals surface area contributed by atoms with Crippen molar-refractivity contribution in [3.8, 4) is 5.75 Å². The number of nitrogens with zero attached hydrogens (tertiary/aromatic N) is 2. The van der Waals surface area contributed by atoms with Crippen molar-refractivity contribution in [1.82, 2.24) is 4.98 Å². The first-order valence-electron chi connectivity index (χ1n) is 6.83. The maximum atomic E-state index is 13.9. The molecule has 1 aromatic heterocycles. The molecule has 0 fully saturated rings. The molecule has 118 valence electrons. The molecule has 1 aliphatic heterocycles. The van der Waals surface area contributed by atoms with Gasteiger partial charge in [0.2, 0.25) is 0 Å². The van der Waals surface area contributed by atoms with E-state index in [0.29, 0.717) is 5.01 Å². The molecule has 3 nitrogen and oxygen atoms in total. The Kier molecular flexibility index (Phi) is 3.49. The number of benzene rings is 1. The fourth-order valence-electron chi connectivity index (χ4n) is 2.07. The predicted octanol–water partition coefficient (Wildman–Crippen LogP) is 4.58. The number of thiazole rings is 1. The van der Waals surface area contributed by atoms with Gasteiger partial charge in [0, 0.05) is 11.8 Å². The second kappa shape index (κ2) is 4.89. The van der Waals surface area contributed by atoms with Crippen LogP contribution in [0.2, 0.25) is 0 Å². The summed E-state index contributed by atoms with van der Waals surface area (Å²) in [6.45, 7) is 8.48. The lowest BCUT2D eigenvalue weighted by Crippen LogP contribution is -2.38. The second-order valence-electron chi connectivity index (χ2n) is 6.62. The Morgan fingerprint density at radius 1 is 1.32 bits per heavy atom. The molecule has 2 aromatic rings. The molecule has 3 rings (SSSR count). The summed E-state index contributed by atoms with van der Waals surface area (Å²) in [5.41, 5.74) is -0.0225. The highest BCUT2D eigenvalue weighted by Gasteiger charge is 2.42. The molecule has 7 heteroatoms. The molecule has 0 amide bonds. The minimum absolute atomic E-state index is 0.00589. The SMILES string of the molecule is CC(C)(C)C1(C)CSC(c2nc3cc(F)c(O)c(F)c3s2)=N1.